The highest BCUT2D eigenvalue weighted by atomic mass is 19.1. The molecule has 0 radical (unpaired) electrons. The summed E-state index contributed by atoms with van der Waals surface area (Å²) < 4.78 is 16.2. The normalized spacial score (nSPS) is 12.8. The first-order valence-electron chi connectivity index (χ1n) is 7.80. The monoisotopic (exact) mass is 305 g/mol. The van der Waals surface area contributed by atoms with Crippen LogP contribution in [0, 0.1) is 0 Å². The van der Waals surface area contributed by atoms with Crippen molar-refractivity contribution in [2.75, 3.05) is 0 Å². The molecule has 1 atom stereocenters. The maximum Gasteiger partial charge on any atom is 0.176 e. The zero-order valence-electron chi connectivity index (χ0n) is 12.9. The van der Waals surface area contributed by atoms with E-state index in [2.05, 4.69) is 0 Å². The second kappa shape index (κ2) is 6.76. The second-order valence-corrected chi connectivity index (χ2v) is 5.74. The fourth-order valence-electron chi connectivity index (χ4n) is 2.96. The molecule has 0 unspecified atom stereocenters. The van der Waals surface area contributed by atoms with Gasteiger partial charge in [0.05, 0.1) is 6.04 Å². The van der Waals surface area contributed by atoms with E-state index in [9.17, 15) is 0 Å². The zero-order chi connectivity index (χ0) is 16.1. The first-order chi connectivity index (χ1) is 11.2. The molecule has 2 N–H and O–H groups in total. The highest BCUT2D eigenvalue weighted by Gasteiger charge is 2.40. The Morgan fingerprint density at radius 3 is 1.52 bits per heavy atom. The molecule has 116 valence electrons. The summed E-state index contributed by atoms with van der Waals surface area (Å²) in [6.07, 6.45) is 0.473. The fraction of sp³-hybridized carbons (Fsp3) is 0.143. The summed E-state index contributed by atoms with van der Waals surface area (Å²) in [4.78, 5) is 0. The van der Waals surface area contributed by atoms with Crippen LogP contribution in [0.3, 0.4) is 0 Å². The third kappa shape index (κ3) is 3.17. The van der Waals surface area contributed by atoms with Crippen molar-refractivity contribution >= 4 is 0 Å². The van der Waals surface area contributed by atoms with E-state index in [4.69, 9.17) is 5.73 Å². The average molecular weight is 305 g/mol. The summed E-state index contributed by atoms with van der Waals surface area (Å²) in [6, 6.07) is 27.5. The molecule has 1 nitrogen and oxygen atoms in total. The molecule has 0 aliphatic carbocycles. The van der Waals surface area contributed by atoms with Crippen LogP contribution >= 0.6 is 0 Å². The Bertz CT molecular complexity index is 686. The lowest BCUT2D eigenvalue weighted by atomic mass is 9.80. The lowest BCUT2D eigenvalue weighted by Crippen LogP contribution is -2.44. The minimum atomic E-state index is -1.72. The third-order valence-corrected chi connectivity index (χ3v) is 4.20. The number of rotatable bonds is 5. The van der Waals surface area contributed by atoms with Crippen molar-refractivity contribution in [3.8, 4) is 0 Å². The van der Waals surface area contributed by atoms with Crippen LogP contribution in [-0.4, -0.2) is 6.04 Å². The molecule has 0 saturated carbocycles. The van der Waals surface area contributed by atoms with Gasteiger partial charge in [0.25, 0.3) is 0 Å². The van der Waals surface area contributed by atoms with E-state index in [1.165, 1.54) is 0 Å². The molecule has 0 spiro atoms. The quantitative estimate of drug-likeness (QED) is 0.739. The van der Waals surface area contributed by atoms with Gasteiger partial charge in [-0.1, -0.05) is 91.0 Å². The summed E-state index contributed by atoms with van der Waals surface area (Å²) in [5.41, 5.74) is 6.87. The highest BCUT2D eigenvalue weighted by Crippen LogP contribution is 2.37. The van der Waals surface area contributed by atoms with Crippen LogP contribution in [0.5, 0.6) is 0 Å². The molecular formula is C21H20FN. The van der Waals surface area contributed by atoms with Crippen molar-refractivity contribution in [2.45, 2.75) is 18.1 Å². The van der Waals surface area contributed by atoms with Gasteiger partial charge in [-0.15, -0.1) is 0 Å². The zero-order valence-corrected chi connectivity index (χ0v) is 12.9. The summed E-state index contributed by atoms with van der Waals surface area (Å²) >= 11 is 0. The smallest absolute Gasteiger partial charge is 0.176 e. The Morgan fingerprint density at radius 2 is 1.09 bits per heavy atom. The van der Waals surface area contributed by atoms with E-state index in [0.717, 1.165) is 5.56 Å². The van der Waals surface area contributed by atoms with Gasteiger partial charge in [-0.3, -0.25) is 0 Å². The molecule has 0 saturated heterocycles. The predicted octanol–water partition coefficient (Wildman–Crippen LogP) is 4.47. The molecule has 0 bridgehead atoms. The van der Waals surface area contributed by atoms with E-state index < -0.39 is 11.7 Å². The Balaban J connectivity index is 2.02. The topological polar surface area (TPSA) is 26.0 Å². The third-order valence-electron chi connectivity index (χ3n) is 4.20. The minimum Gasteiger partial charge on any atom is -0.324 e. The van der Waals surface area contributed by atoms with Crippen LogP contribution in [0.4, 0.5) is 4.39 Å². The predicted molar refractivity (Wildman–Crippen MR) is 92.9 cm³/mol. The van der Waals surface area contributed by atoms with Crippen LogP contribution in [0.2, 0.25) is 0 Å². The van der Waals surface area contributed by atoms with Gasteiger partial charge in [-0.25, -0.2) is 4.39 Å². The molecule has 23 heavy (non-hydrogen) atoms. The molecule has 0 fully saturated rings. The Morgan fingerprint density at radius 1 is 0.696 bits per heavy atom. The summed E-state index contributed by atoms with van der Waals surface area (Å²) in [7, 11) is 0. The molecule has 0 heterocycles. The fourth-order valence-corrected chi connectivity index (χ4v) is 2.96. The number of alkyl halides is 1. The van der Waals surface area contributed by atoms with Crippen molar-refractivity contribution < 1.29 is 4.39 Å². The molecule has 0 amide bonds. The van der Waals surface area contributed by atoms with Crippen LogP contribution < -0.4 is 5.73 Å². The van der Waals surface area contributed by atoms with E-state index in [1.54, 1.807) is 24.3 Å². The Hall–Kier alpha value is -2.45. The van der Waals surface area contributed by atoms with Gasteiger partial charge in [0.2, 0.25) is 0 Å². The first-order valence-corrected chi connectivity index (χ1v) is 7.80. The number of halogens is 1. The maximum absolute atomic E-state index is 16.2. The van der Waals surface area contributed by atoms with Crippen molar-refractivity contribution in [1.82, 2.24) is 0 Å². The number of hydrogen-bond acceptors (Lipinski definition) is 1. The van der Waals surface area contributed by atoms with Crippen molar-refractivity contribution in [3.05, 3.63) is 108 Å². The van der Waals surface area contributed by atoms with Gasteiger partial charge >= 0.3 is 0 Å². The summed E-state index contributed by atoms with van der Waals surface area (Å²) in [5, 5.41) is 0. The van der Waals surface area contributed by atoms with Crippen molar-refractivity contribution in [1.29, 1.82) is 0 Å². The largest absolute Gasteiger partial charge is 0.324 e. The molecule has 0 aliphatic heterocycles. The molecule has 3 rings (SSSR count). The van der Waals surface area contributed by atoms with E-state index in [-0.39, 0.29) is 0 Å². The number of nitrogens with two attached hydrogens (primary N) is 1. The number of benzene rings is 3. The maximum atomic E-state index is 16.2. The number of hydrogen-bond donors (Lipinski definition) is 1. The second-order valence-electron chi connectivity index (χ2n) is 5.74. The minimum absolute atomic E-state index is 0.473. The van der Waals surface area contributed by atoms with Gasteiger partial charge in [0.15, 0.2) is 5.67 Å². The van der Waals surface area contributed by atoms with E-state index >= 15 is 4.39 Å². The van der Waals surface area contributed by atoms with Crippen molar-refractivity contribution in [3.63, 3.8) is 0 Å². The Kier molecular flexibility index (Phi) is 4.54. The van der Waals surface area contributed by atoms with Crippen LogP contribution in [0.25, 0.3) is 0 Å². The molecule has 0 aliphatic rings. The van der Waals surface area contributed by atoms with Gasteiger partial charge in [0, 0.05) is 0 Å². The van der Waals surface area contributed by atoms with Gasteiger partial charge < -0.3 is 5.73 Å². The highest BCUT2D eigenvalue weighted by molar-refractivity contribution is 5.39. The van der Waals surface area contributed by atoms with Crippen LogP contribution in [0.15, 0.2) is 91.0 Å². The molecule has 2 heteroatoms. The van der Waals surface area contributed by atoms with E-state index in [0.29, 0.717) is 17.5 Å². The lowest BCUT2D eigenvalue weighted by molar-refractivity contribution is 0.175. The van der Waals surface area contributed by atoms with Gasteiger partial charge in [-0.2, -0.15) is 0 Å². The van der Waals surface area contributed by atoms with Gasteiger partial charge in [-0.05, 0) is 23.1 Å². The molecule has 3 aromatic carbocycles. The SMILES string of the molecule is N[C@H](Cc1ccccc1)C(F)(c1ccccc1)c1ccccc1. The summed E-state index contributed by atoms with van der Waals surface area (Å²) in [5.74, 6) is 0. The molecular weight excluding hydrogens is 285 g/mol. The first kappa shape index (κ1) is 15.4. The van der Waals surface area contributed by atoms with Gasteiger partial charge in [0.1, 0.15) is 0 Å². The Labute approximate surface area is 136 Å². The average Bonchev–Trinajstić information content (AvgIpc) is 2.63. The van der Waals surface area contributed by atoms with E-state index in [1.807, 2.05) is 66.7 Å². The van der Waals surface area contributed by atoms with Crippen molar-refractivity contribution in [2.24, 2.45) is 5.73 Å². The van der Waals surface area contributed by atoms with Crippen LogP contribution in [-0.2, 0) is 12.1 Å². The molecule has 0 aromatic heterocycles. The standard InChI is InChI=1S/C21H20FN/c22-21(18-12-6-2-7-13-18,19-14-8-3-9-15-19)20(23)16-17-10-4-1-5-11-17/h1-15,20H,16,23H2/t20-/m1/s1. The van der Waals surface area contributed by atoms with Crippen LogP contribution in [0.1, 0.15) is 16.7 Å². The summed E-state index contributed by atoms with van der Waals surface area (Å²) in [6.45, 7) is 0. The molecule has 3 aromatic rings. The lowest BCUT2D eigenvalue weighted by Gasteiger charge is -2.32.